The van der Waals surface area contributed by atoms with Gasteiger partial charge in [0.2, 0.25) is 10.0 Å². The number of hydrogen-bond acceptors (Lipinski definition) is 4. The second-order valence-corrected chi connectivity index (χ2v) is 8.23. The van der Waals surface area contributed by atoms with E-state index < -0.39 is 21.7 Å². The van der Waals surface area contributed by atoms with Crippen molar-refractivity contribution in [2.24, 2.45) is 0 Å². The number of nitrogens with zero attached hydrogens (tertiary/aromatic N) is 1. The first-order valence-corrected chi connectivity index (χ1v) is 10.1. The number of amides is 1. The van der Waals surface area contributed by atoms with Crippen molar-refractivity contribution in [1.29, 1.82) is 0 Å². The van der Waals surface area contributed by atoms with E-state index in [0.29, 0.717) is 24.5 Å². The van der Waals surface area contributed by atoms with Crippen LogP contribution in [-0.2, 0) is 10.0 Å². The molecule has 6 nitrogen and oxygen atoms in total. The van der Waals surface area contributed by atoms with Gasteiger partial charge in [-0.15, -0.1) is 0 Å². The van der Waals surface area contributed by atoms with Crippen molar-refractivity contribution in [2.45, 2.75) is 24.2 Å². The van der Waals surface area contributed by atoms with E-state index in [2.05, 4.69) is 5.32 Å². The maximum absolute atomic E-state index is 14.2. The lowest BCUT2D eigenvalue weighted by molar-refractivity contribution is 0.102. The van der Waals surface area contributed by atoms with Gasteiger partial charge in [0.15, 0.2) is 0 Å². The highest BCUT2D eigenvalue weighted by atomic mass is 32.2. The van der Waals surface area contributed by atoms with Crippen molar-refractivity contribution in [3.8, 4) is 5.75 Å². The van der Waals surface area contributed by atoms with Crippen LogP contribution in [-0.4, -0.2) is 38.8 Å². The lowest BCUT2D eigenvalue weighted by atomic mass is 10.2. The van der Waals surface area contributed by atoms with Crippen molar-refractivity contribution < 1.29 is 22.3 Å². The van der Waals surface area contributed by atoms with Gasteiger partial charge in [0, 0.05) is 18.8 Å². The molecule has 1 amide bonds. The zero-order valence-corrected chi connectivity index (χ0v) is 15.8. The van der Waals surface area contributed by atoms with E-state index in [4.69, 9.17) is 4.74 Å². The van der Waals surface area contributed by atoms with Gasteiger partial charge in [0.1, 0.15) is 11.6 Å². The molecular weight excluding hydrogens is 371 g/mol. The first-order chi connectivity index (χ1) is 12.9. The van der Waals surface area contributed by atoms with Crippen LogP contribution in [0.4, 0.5) is 10.1 Å². The summed E-state index contributed by atoms with van der Waals surface area (Å²) in [5.41, 5.74) is 0.133. The molecule has 0 unspecified atom stereocenters. The third kappa shape index (κ3) is 4.28. The van der Waals surface area contributed by atoms with Crippen LogP contribution >= 0.6 is 0 Å². The Bertz CT molecular complexity index is 923. The maximum atomic E-state index is 14.2. The molecule has 0 aromatic heterocycles. The molecule has 1 aliphatic rings. The van der Waals surface area contributed by atoms with Crippen molar-refractivity contribution >= 4 is 21.6 Å². The summed E-state index contributed by atoms with van der Waals surface area (Å²) < 4.78 is 46.1. The highest BCUT2D eigenvalue weighted by molar-refractivity contribution is 7.89. The smallest absolute Gasteiger partial charge is 0.258 e. The maximum Gasteiger partial charge on any atom is 0.258 e. The molecule has 1 aliphatic heterocycles. The highest BCUT2D eigenvalue weighted by Crippen LogP contribution is 2.23. The second kappa shape index (κ2) is 8.06. The number of piperidine rings is 1. The quantitative estimate of drug-likeness (QED) is 0.847. The number of carbonyl (C=O) groups excluding carboxylic acids is 1. The molecule has 0 aliphatic carbocycles. The van der Waals surface area contributed by atoms with Gasteiger partial charge in [-0.05, 0) is 55.3 Å². The number of carbonyl (C=O) groups is 1. The standard InChI is InChI=1S/C19H21FN2O4S/c1-26-15-7-5-14(6-8-15)21-19(23)17-13-16(9-10-18(17)20)27(24,25)22-11-3-2-4-12-22/h5-10,13H,2-4,11-12H2,1H3,(H,21,23). The van der Waals surface area contributed by atoms with E-state index in [1.165, 1.54) is 17.5 Å². The predicted molar refractivity (Wildman–Crippen MR) is 100.0 cm³/mol. The van der Waals surface area contributed by atoms with Gasteiger partial charge in [0.25, 0.3) is 5.91 Å². The number of halogens is 1. The van der Waals surface area contributed by atoms with Gasteiger partial charge in [-0.25, -0.2) is 12.8 Å². The van der Waals surface area contributed by atoms with Crippen LogP contribution in [0.2, 0.25) is 0 Å². The van der Waals surface area contributed by atoms with Crippen LogP contribution in [0.25, 0.3) is 0 Å². The zero-order valence-electron chi connectivity index (χ0n) is 14.9. The van der Waals surface area contributed by atoms with Gasteiger partial charge < -0.3 is 10.1 Å². The topological polar surface area (TPSA) is 75.7 Å². The van der Waals surface area contributed by atoms with Crippen LogP contribution in [0.3, 0.4) is 0 Å². The molecule has 0 saturated carbocycles. The van der Waals surface area contributed by atoms with Gasteiger partial charge in [-0.1, -0.05) is 6.42 Å². The minimum atomic E-state index is -3.75. The summed E-state index contributed by atoms with van der Waals surface area (Å²) in [4.78, 5) is 12.4. The molecule has 0 spiro atoms. The number of hydrogen-bond donors (Lipinski definition) is 1. The zero-order chi connectivity index (χ0) is 19.4. The van der Waals surface area contributed by atoms with Crippen molar-refractivity contribution in [3.63, 3.8) is 0 Å². The normalized spacial score (nSPS) is 15.3. The molecule has 2 aromatic carbocycles. The Morgan fingerprint density at radius 1 is 1.07 bits per heavy atom. The molecule has 1 heterocycles. The summed E-state index contributed by atoms with van der Waals surface area (Å²) >= 11 is 0. The fourth-order valence-electron chi connectivity index (χ4n) is 2.97. The molecule has 3 rings (SSSR count). The molecule has 144 valence electrons. The lowest BCUT2D eigenvalue weighted by Crippen LogP contribution is -2.35. The molecule has 0 bridgehead atoms. The minimum Gasteiger partial charge on any atom is -0.497 e. The Balaban J connectivity index is 1.84. The van der Waals surface area contributed by atoms with E-state index in [1.807, 2.05) is 0 Å². The minimum absolute atomic E-state index is 0.0781. The summed E-state index contributed by atoms with van der Waals surface area (Å²) in [5, 5.41) is 2.57. The van der Waals surface area contributed by atoms with Gasteiger partial charge in [0.05, 0.1) is 17.6 Å². The molecule has 2 aromatic rings. The third-order valence-corrected chi connectivity index (χ3v) is 6.38. The number of nitrogens with one attached hydrogen (secondary N) is 1. The molecule has 1 fully saturated rings. The molecule has 1 saturated heterocycles. The Morgan fingerprint density at radius 2 is 1.74 bits per heavy atom. The fourth-order valence-corrected chi connectivity index (χ4v) is 4.51. The SMILES string of the molecule is COc1ccc(NC(=O)c2cc(S(=O)(=O)N3CCCCC3)ccc2F)cc1. The average molecular weight is 392 g/mol. The highest BCUT2D eigenvalue weighted by Gasteiger charge is 2.27. The molecule has 0 radical (unpaired) electrons. The summed E-state index contributed by atoms with van der Waals surface area (Å²) in [7, 11) is -2.22. The number of ether oxygens (including phenoxy) is 1. The number of methoxy groups -OCH3 is 1. The van der Waals surface area contributed by atoms with E-state index >= 15 is 0 Å². The Morgan fingerprint density at radius 3 is 2.37 bits per heavy atom. The molecule has 0 atom stereocenters. The number of benzene rings is 2. The summed E-state index contributed by atoms with van der Waals surface area (Å²) in [5.74, 6) is -0.874. The van der Waals surface area contributed by atoms with Crippen LogP contribution < -0.4 is 10.1 Å². The predicted octanol–water partition coefficient (Wildman–Crippen LogP) is 3.26. The van der Waals surface area contributed by atoms with Crippen LogP contribution in [0.5, 0.6) is 5.75 Å². The van der Waals surface area contributed by atoms with E-state index in [-0.39, 0.29) is 10.5 Å². The van der Waals surface area contributed by atoms with E-state index in [0.717, 1.165) is 31.4 Å². The largest absolute Gasteiger partial charge is 0.497 e. The molecule has 8 heteroatoms. The first-order valence-electron chi connectivity index (χ1n) is 8.67. The van der Waals surface area contributed by atoms with Crippen LogP contribution in [0.1, 0.15) is 29.6 Å². The van der Waals surface area contributed by atoms with Crippen molar-refractivity contribution in [1.82, 2.24) is 4.31 Å². The van der Waals surface area contributed by atoms with Crippen molar-refractivity contribution in [3.05, 3.63) is 53.8 Å². The Hall–Kier alpha value is -2.45. The monoisotopic (exact) mass is 392 g/mol. The van der Waals surface area contributed by atoms with Crippen molar-refractivity contribution in [2.75, 3.05) is 25.5 Å². The fraction of sp³-hybridized carbons (Fsp3) is 0.316. The summed E-state index contributed by atoms with van der Waals surface area (Å²) in [6.45, 7) is 0.875. The summed E-state index contributed by atoms with van der Waals surface area (Å²) in [6.07, 6.45) is 2.58. The molecule has 27 heavy (non-hydrogen) atoms. The molecule has 1 N–H and O–H groups in total. The van der Waals surface area contributed by atoms with Crippen LogP contribution in [0.15, 0.2) is 47.4 Å². The van der Waals surface area contributed by atoms with Crippen LogP contribution in [0, 0.1) is 5.82 Å². The lowest BCUT2D eigenvalue weighted by Gasteiger charge is -2.26. The van der Waals surface area contributed by atoms with Gasteiger partial charge in [-0.2, -0.15) is 4.31 Å². The Labute approximate surface area is 158 Å². The van der Waals surface area contributed by atoms with Gasteiger partial charge >= 0.3 is 0 Å². The second-order valence-electron chi connectivity index (χ2n) is 6.29. The average Bonchev–Trinajstić information content (AvgIpc) is 2.69. The Kier molecular flexibility index (Phi) is 5.76. The van der Waals surface area contributed by atoms with Gasteiger partial charge in [-0.3, -0.25) is 4.79 Å². The number of anilines is 1. The number of rotatable bonds is 5. The van der Waals surface area contributed by atoms with E-state index in [9.17, 15) is 17.6 Å². The number of sulfonamides is 1. The molecular formula is C19H21FN2O4S. The summed E-state index contributed by atoms with van der Waals surface area (Å²) in [6, 6.07) is 9.85. The first kappa shape index (κ1) is 19.3. The van der Waals surface area contributed by atoms with E-state index in [1.54, 1.807) is 24.3 Å². The third-order valence-electron chi connectivity index (χ3n) is 4.48.